The summed E-state index contributed by atoms with van der Waals surface area (Å²) in [4.78, 5) is 25.6. The van der Waals surface area contributed by atoms with Crippen LogP contribution in [0.1, 0.15) is 24.2 Å². The van der Waals surface area contributed by atoms with Crippen LogP contribution >= 0.6 is 11.8 Å². The van der Waals surface area contributed by atoms with Gasteiger partial charge in [0.15, 0.2) is 17.6 Å². The van der Waals surface area contributed by atoms with E-state index < -0.39 is 18.0 Å². The number of thioether (sulfide) groups is 1. The molecule has 0 saturated heterocycles. The van der Waals surface area contributed by atoms with Crippen molar-refractivity contribution < 1.29 is 23.8 Å². The molecular formula is C19H19NO5S. The van der Waals surface area contributed by atoms with Gasteiger partial charge in [-0.2, -0.15) is 0 Å². The van der Waals surface area contributed by atoms with Gasteiger partial charge in [-0.3, -0.25) is 4.79 Å². The maximum atomic E-state index is 12.4. The van der Waals surface area contributed by atoms with Gasteiger partial charge in [0.05, 0.1) is 5.56 Å². The summed E-state index contributed by atoms with van der Waals surface area (Å²) in [7, 11) is 0. The summed E-state index contributed by atoms with van der Waals surface area (Å²) in [6.07, 6.45) is -0.937. The lowest BCUT2D eigenvalue weighted by atomic mass is 10.2. The molecule has 3 rings (SSSR count). The van der Waals surface area contributed by atoms with Crippen LogP contribution in [0.2, 0.25) is 0 Å². The van der Waals surface area contributed by atoms with Crippen molar-refractivity contribution in [2.45, 2.75) is 24.8 Å². The maximum absolute atomic E-state index is 12.4. The number of fused-ring (bicyclic) bond motifs is 1. The Morgan fingerprint density at radius 3 is 2.77 bits per heavy atom. The van der Waals surface area contributed by atoms with Gasteiger partial charge < -0.3 is 19.5 Å². The van der Waals surface area contributed by atoms with Gasteiger partial charge in [-0.15, -0.1) is 11.8 Å². The lowest BCUT2D eigenvalue weighted by Crippen LogP contribution is -2.30. The lowest BCUT2D eigenvalue weighted by molar-refractivity contribution is -0.123. The zero-order valence-corrected chi connectivity index (χ0v) is 15.3. The fourth-order valence-electron chi connectivity index (χ4n) is 2.41. The Hall–Kier alpha value is -2.67. The van der Waals surface area contributed by atoms with E-state index in [1.165, 1.54) is 6.92 Å². The molecule has 0 aliphatic carbocycles. The third-order valence-electron chi connectivity index (χ3n) is 3.70. The van der Waals surface area contributed by atoms with E-state index in [4.69, 9.17) is 14.2 Å². The largest absolute Gasteiger partial charge is 0.454 e. The summed E-state index contributed by atoms with van der Waals surface area (Å²) in [6, 6.07) is 12.3. The van der Waals surface area contributed by atoms with Crippen LogP contribution in [0.3, 0.4) is 0 Å². The van der Waals surface area contributed by atoms with Crippen molar-refractivity contribution in [3.63, 3.8) is 0 Å². The number of carbonyl (C=O) groups excluding carboxylic acids is 2. The number of rotatable bonds is 6. The van der Waals surface area contributed by atoms with Crippen LogP contribution in [-0.4, -0.2) is 30.5 Å². The fraction of sp³-hybridized carbons (Fsp3) is 0.263. The molecule has 0 unspecified atom stereocenters. The van der Waals surface area contributed by atoms with Crippen molar-refractivity contribution in [3.05, 3.63) is 48.0 Å². The minimum Gasteiger partial charge on any atom is -0.454 e. The summed E-state index contributed by atoms with van der Waals surface area (Å²) < 4.78 is 15.8. The van der Waals surface area contributed by atoms with Crippen molar-refractivity contribution >= 4 is 29.3 Å². The highest BCUT2D eigenvalue weighted by atomic mass is 32.2. The van der Waals surface area contributed by atoms with E-state index >= 15 is 0 Å². The molecule has 1 amide bonds. The summed E-state index contributed by atoms with van der Waals surface area (Å²) in [5.41, 5.74) is 1.01. The number of anilines is 1. The van der Waals surface area contributed by atoms with Gasteiger partial charge in [-0.25, -0.2) is 4.79 Å². The molecule has 0 bridgehead atoms. The minimum atomic E-state index is -0.937. The molecule has 136 valence electrons. The van der Waals surface area contributed by atoms with E-state index in [2.05, 4.69) is 5.32 Å². The topological polar surface area (TPSA) is 73.9 Å². The first-order chi connectivity index (χ1) is 12.6. The van der Waals surface area contributed by atoms with Crippen molar-refractivity contribution in [1.82, 2.24) is 0 Å². The quantitative estimate of drug-likeness (QED) is 0.615. The number of ether oxygens (including phenoxy) is 3. The number of hydrogen-bond donors (Lipinski definition) is 1. The first kappa shape index (κ1) is 18.1. The van der Waals surface area contributed by atoms with Crippen molar-refractivity contribution in [1.29, 1.82) is 0 Å². The van der Waals surface area contributed by atoms with E-state index in [0.29, 0.717) is 22.7 Å². The van der Waals surface area contributed by atoms with Crippen LogP contribution < -0.4 is 14.8 Å². The molecule has 1 aliphatic rings. The minimum absolute atomic E-state index is 0.163. The van der Waals surface area contributed by atoms with Crippen LogP contribution in [0.15, 0.2) is 47.4 Å². The van der Waals surface area contributed by atoms with Gasteiger partial charge in [0.1, 0.15) is 0 Å². The normalized spacial score (nSPS) is 13.2. The Bertz CT molecular complexity index is 823. The van der Waals surface area contributed by atoms with Gasteiger partial charge in [0, 0.05) is 16.6 Å². The molecular weight excluding hydrogens is 354 g/mol. The molecule has 2 aromatic rings. The standard InChI is InChI=1S/C19H19NO5S/c1-3-26-17-7-5-4-6-14(17)19(22)25-12(2)18(21)20-13-8-9-15-16(10-13)24-11-23-15/h4-10,12H,3,11H2,1-2H3,(H,20,21)/t12-/m0/s1. The Morgan fingerprint density at radius 2 is 1.96 bits per heavy atom. The number of esters is 1. The SMILES string of the molecule is CCSc1ccccc1C(=O)O[C@@H](C)C(=O)Nc1ccc2c(c1)OCO2. The number of amides is 1. The Balaban J connectivity index is 1.63. The van der Waals surface area contributed by atoms with Crippen LogP contribution in [0.4, 0.5) is 5.69 Å². The maximum Gasteiger partial charge on any atom is 0.340 e. The molecule has 1 heterocycles. The Kier molecular flexibility index (Phi) is 5.68. The number of benzene rings is 2. The molecule has 0 spiro atoms. The molecule has 1 aliphatic heterocycles. The number of carbonyl (C=O) groups is 2. The van der Waals surface area contributed by atoms with E-state index in [-0.39, 0.29) is 6.79 Å². The predicted molar refractivity (Wildman–Crippen MR) is 98.9 cm³/mol. The van der Waals surface area contributed by atoms with E-state index in [1.807, 2.05) is 19.1 Å². The first-order valence-electron chi connectivity index (χ1n) is 8.21. The van der Waals surface area contributed by atoms with Gasteiger partial charge in [0.2, 0.25) is 6.79 Å². The van der Waals surface area contributed by atoms with Crippen LogP contribution in [0.25, 0.3) is 0 Å². The third-order valence-corrected chi connectivity index (χ3v) is 4.66. The number of nitrogens with one attached hydrogen (secondary N) is 1. The Labute approximate surface area is 155 Å². The average molecular weight is 373 g/mol. The second-order valence-corrected chi connectivity index (χ2v) is 6.84. The fourth-order valence-corrected chi connectivity index (χ4v) is 3.21. The van der Waals surface area contributed by atoms with Crippen LogP contribution in [0.5, 0.6) is 11.5 Å². The summed E-state index contributed by atoms with van der Waals surface area (Å²) in [6.45, 7) is 3.71. The Morgan fingerprint density at radius 1 is 1.19 bits per heavy atom. The molecule has 0 aromatic heterocycles. The molecule has 0 radical (unpaired) electrons. The van der Waals surface area contributed by atoms with Gasteiger partial charge in [0.25, 0.3) is 5.91 Å². The molecule has 1 atom stereocenters. The molecule has 7 heteroatoms. The molecule has 26 heavy (non-hydrogen) atoms. The lowest BCUT2D eigenvalue weighted by Gasteiger charge is -2.15. The smallest absolute Gasteiger partial charge is 0.340 e. The molecule has 2 aromatic carbocycles. The van der Waals surface area contributed by atoms with Crippen LogP contribution in [0, 0.1) is 0 Å². The summed E-state index contributed by atoms with van der Waals surface area (Å²) in [5, 5.41) is 2.71. The number of hydrogen-bond acceptors (Lipinski definition) is 6. The second kappa shape index (κ2) is 8.14. The zero-order valence-electron chi connectivity index (χ0n) is 14.5. The molecule has 0 fully saturated rings. The summed E-state index contributed by atoms with van der Waals surface area (Å²) in [5.74, 6) is 1.10. The van der Waals surface area contributed by atoms with Crippen molar-refractivity contribution in [2.24, 2.45) is 0 Å². The second-order valence-electron chi connectivity index (χ2n) is 5.53. The molecule has 0 saturated carbocycles. The molecule has 1 N–H and O–H groups in total. The monoisotopic (exact) mass is 373 g/mol. The first-order valence-corrected chi connectivity index (χ1v) is 9.20. The highest BCUT2D eigenvalue weighted by Gasteiger charge is 2.22. The van der Waals surface area contributed by atoms with E-state index in [0.717, 1.165) is 10.6 Å². The molecule has 6 nitrogen and oxygen atoms in total. The van der Waals surface area contributed by atoms with Crippen molar-refractivity contribution in [2.75, 3.05) is 17.9 Å². The third kappa shape index (κ3) is 4.11. The van der Waals surface area contributed by atoms with Gasteiger partial charge in [-0.05, 0) is 36.9 Å². The average Bonchev–Trinajstić information content (AvgIpc) is 3.10. The van der Waals surface area contributed by atoms with E-state index in [1.54, 1.807) is 42.1 Å². The van der Waals surface area contributed by atoms with Gasteiger partial charge in [-0.1, -0.05) is 19.1 Å². The van der Waals surface area contributed by atoms with Crippen molar-refractivity contribution in [3.8, 4) is 11.5 Å². The zero-order chi connectivity index (χ0) is 18.5. The van der Waals surface area contributed by atoms with Gasteiger partial charge >= 0.3 is 5.97 Å². The predicted octanol–water partition coefficient (Wildman–Crippen LogP) is 3.71. The van der Waals surface area contributed by atoms with E-state index in [9.17, 15) is 9.59 Å². The highest BCUT2D eigenvalue weighted by molar-refractivity contribution is 7.99. The highest BCUT2D eigenvalue weighted by Crippen LogP contribution is 2.34. The summed E-state index contributed by atoms with van der Waals surface area (Å²) >= 11 is 1.55. The van der Waals surface area contributed by atoms with Crippen LogP contribution in [-0.2, 0) is 9.53 Å².